The van der Waals surface area contributed by atoms with Crippen LogP contribution >= 0.6 is 0 Å². The van der Waals surface area contributed by atoms with Crippen molar-refractivity contribution in [1.29, 1.82) is 0 Å². The number of rotatable bonds is 6. The molecular weight excluding hydrogens is 263 g/mol. The molecule has 0 heterocycles. The zero-order chi connectivity index (χ0) is 15.0. The monoisotopic (exact) mass is 280 g/mol. The van der Waals surface area contributed by atoms with Crippen LogP contribution in [0.15, 0.2) is 30.3 Å². The molecule has 0 unspecified atom stereocenters. The molecule has 0 aliphatic rings. The van der Waals surface area contributed by atoms with E-state index in [-0.39, 0.29) is 24.8 Å². The van der Waals surface area contributed by atoms with Crippen molar-refractivity contribution >= 4 is 17.5 Å². The molecule has 0 aromatic heterocycles. The Balaban J connectivity index is 2.91. The smallest absolute Gasteiger partial charge is 0.331 e. The lowest BCUT2D eigenvalue weighted by atomic mass is 10.0. The largest absolute Gasteiger partial charge is 0.469 e. The van der Waals surface area contributed by atoms with Gasteiger partial charge < -0.3 is 9.47 Å². The number of hydrogen-bond acceptors (Lipinski definition) is 4. The van der Waals surface area contributed by atoms with E-state index >= 15 is 0 Å². The highest BCUT2D eigenvalue weighted by Gasteiger charge is 2.09. The average Bonchev–Trinajstić information content (AvgIpc) is 2.44. The Kier molecular flexibility index (Phi) is 6.43. The van der Waals surface area contributed by atoms with Gasteiger partial charge in [-0.05, 0) is 36.6 Å². The summed E-state index contributed by atoms with van der Waals surface area (Å²) in [5, 5.41) is 0. The van der Waals surface area contributed by atoms with Crippen molar-refractivity contribution in [2.75, 3.05) is 13.7 Å². The molecule has 1 aromatic carbocycles. The lowest BCUT2D eigenvalue weighted by Gasteiger charge is -2.07. The van der Waals surface area contributed by atoms with Gasteiger partial charge in [-0.2, -0.15) is 0 Å². The Morgan fingerprint density at radius 2 is 1.85 bits per heavy atom. The molecule has 0 amide bonds. The summed E-state index contributed by atoms with van der Waals surface area (Å²) in [5.41, 5.74) is 1.28. The van der Waals surface area contributed by atoms with Gasteiger partial charge in [0.2, 0.25) is 0 Å². The number of allylic oxidation sites excluding steroid dienone is 1. The van der Waals surface area contributed by atoms with E-state index in [4.69, 9.17) is 4.74 Å². The van der Waals surface area contributed by atoms with Gasteiger partial charge in [-0.3, -0.25) is 4.79 Å². The number of ether oxygens (including phenoxy) is 2. The van der Waals surface area contributed by atoms with Gasteiger partial charge in [0.1, 0.15) is 5.82 Å². The second-order valence-electron chi connectivity index (χ2n) is 4.00. The number of methoxy groups -OCH3 is 1. The van der Waals surface area contributed by atoms with Gasteiger partial charge in [0, 0.05) is 12.5 Å². The normalized spacial score (nSPS) is 11.1. The molecule has 20 heavy (non-hydrogen) atoms. The van der Waals surface area contributed by atoms with Gasteiger partial charge in [0.25, 0.3) is 0 Å². The van der Waals surface area contributed by atoms with Gasteiger partial charge in [-0.1, -0.05) is 12.1 Å². The van der Waals surface area contributed by atoms with Gasteiger partial charge >= 0.3 is 11.9 Å². The fourth-order valence-electron chi connectivity index (χ4n) is 1.63. The van der Waals surface area contributed by atoms with Crippen molar-refractivity contribution in [2.45, 2.75) is 19.8 Å². The van der Waals surface area contributed by atoms with E-state index in [1.807, 2.05) is 0 Å². The third-order valence-corrected chi connectivity index (χ3v) is 2.62. The molecule has 1 aromatic rings. The van der Waals surface area contributed by atoms with Crippen LogP contribution in [0.4, 0.5) is 4.39 Å². The van der Waals surface area contributed by atoms with Crippen molar-refractivity contribution in [3.63, 3.8) is 0 Å². The summed E-state index contributed by atoms with van der Waals surface area (Å²) in [4.78, 5) is 22.7. The number of hydrogen-bond donors (Lipinski definition) is 0. The Labute approximate surface area is 117 Å². The predicted octanol–water partition coefficient (Wildman–Crippen LogP) is 2.73. The van der Waals surface area contributed by atoms with Crippen molar-refractivity contribution in [3.8, 4) is 0 Å². The molecule has 0 aliphatic heterocycles. The van der Waals surface area contributed by atoms with Crippen LogP contribution in [-0.4, -0.2) is 25.7 Å². The highest BCUT2D eigenvalue weighted by molar-refractivity contribution is 5.92. The van der Waals surface area contributed by atoms with Crippen molar-refractivity contribution in [3.05, 3.63) is 41.7 Å². The highest BCUT2D eigenvalue weighted by atomic mass is 19.1. The molecule has 0 N–H and O–H groups in total. The Hall–Kier alpha value is -2.17. The summed E-state index contributed by atoms with van der Waals surface area (Å²) >= 11 is 0. The molecule has 0 saturated heterocycles. The molecule has 0 bridgehead atoms. The molecule has 108 valence electrons. The summed E-state index contributed by atoms with van der Waals surface area (Å²) < 4.78 is 22.3. The molecule has 0 radical (unpaired) electrons. The van der Waals surface area contributed by atoms with Crippen LogP contribution in [0.25, 0.3) is 5.57 Å². The zero-order valence-corrected chi connectivity index (χ0v) is 11.5. The summed E-state index contributed by atoms with van der Waals surface area (Å²) in [7, 11) is 1.30. The van der Waals surface area contributed by atoms with Gasteiger partial charge in [0.15, 0.2) is 0 Å². The van der Waals surface area contributed by atoms with E-state index in [9.17, 15) is 14.0 Å². The van der Waals surface area contributed by atoms with E-state index in [1.54, 1.807) is 19.1 Å². The molecule has 0 aliphatic carbocycles. The second-order valence-corrected chi connectivity index (χ2v) is 4.00. The summed E-state index contributed by atoms with van der Waals surface area (Å²) in [5.74, 6) is -1.23. The van der Waals surface area contributed by atoms with E-state index in [0.717, 1.165) is 0 Å². The minimum atomic E-state index is -0.489. The van der Waals surface area contributed by atoms with Crippen LogP contribution in [0, 0.1) is 5.82 Å². The minimum absolute atomic E-state index is 0.138. The van der Waals surface area contributed by atoms with Crippen LogP contribution < -0.4 is 0 Å². The first-order chi connectivity index (χ1) is 9.56. The second kappa shape index (κ2) is 8.09. The van der Waals surface area contributed by atoms with Crippen LogP contribution in [0.1, 0.15) is 25.3 Å². The predicted molar refractivity (Wildman–Crippen MR) is 72.3 cm³/mol. The summed E-state index contributed by atoms with van der Waals surface area (Å²) in [6, 6.07) is 5.70. The maximum absolute atomic E-state index is 12.9. The fourth-order valence-corrected chi connectivity index (χ4v) is 1.63. The molecule has 1 rings (SSSR count). The lowest BCUT2D eigenvalue weighted by Crippen LogP contribution is -2.04. The quantitative estimate of drug-likeness (QED) is 0.594. The molecule has 0 saturated carbocycles. The van der Waals surface area contributed by atoms with Crippen molar-refractivity contribution in [1.82, 2.24) is 0 Å². The summed E-state index contributed by atoms with van der Waals surface area (Å²) in [6.07, 6.45) is 1.77. The minimum Gasteiger partial charge on any atom is -0.469 e. The van der Waals surface area contributed by atoms with Gasteiger partial charge in [-0.15, -0.1) is 0 Å². The van der Waals surface area contributed by atoms with E-state index in [1.165, 1.54) is 25.3 Å². The maximum Gasteiger partial charge on any atom is 0.331 e. The molecule has 4 nitrogen and oxygen atoms in total. The Morgan fingerprint density at radius 3 is 2.40 bits per heavy atom. The highest BCUT2D eigenvalue weighted by Crippen LogP contribution is 2.21. The first-order valence-corrected chi connectivity index (χ1v) is 6.27. The molecule has 0 fully saturated rings. The van der Waals surface area contributed by atoms with Crippen molar-refractivity contribution in [2.24, 2.45) is 0 Å². The Morgan fingerprint density at radius 1 is 1.20 bits per heavy atom. The molecular formula is C15H17FO4. The van der Waals surface area contributed by atoms with Crippen LogP contribution in [0.5, 0.6) is 0 Å². The lowest BCUT2D eigenvalue weighted by molar-refractivity contribution is -0.140. The Bertz CT molecular complexity index is 491. The molecule has 5 heteroatoms. The SMILES string of the molecule is CCOC(=O)/C=C(/CCC(=O)OC)c1ccc(F)cc1. The number of esters is 2. The zero-order valence-electron chi connectivity index (χ0n) is 11.5. The standard InChI is InChI=1S/C15H17FO4/c1-3-20-15(18)10-12(6-9-14(17)19-2)11-4-7-13(16)8-5-11/h4-5,7-8,10H,3,6,9H2,1-2H3/b12-10-. The number of carbonyl (C=O) groups is 2. The number of halogens is 1. The van der Waals surface area contributed by atoms with Gasteiger partial charge in [-0.25, -0.2) is 9.18 Å². The van der Waals surface area contributed by atoms with Crippen LogP contribution in [-0.2, 0) is 19.1 Å². The van der Waals surface area contributed by atoms with E-state index < -0.39 is 5.97 Å². The third-order valence-electron chi connectivity index (χ3n) is 2.62. The first-order valence-electron chi connectivity index (χ1n) is 6.27. The molecule has 0 spiro atoms. The first kappa shape index (κ1) is 15.9. The van der Waals surface area contributed by atoms with Crippen LogP contribution in [0.2, 0.25) is 0 Å². The molecule has 0 atom stereocenters. The van der Waals surface area contributed by atoms with E-state index in [0.29, 0.717) is 17.6 Å². The average molecular weight is 280 g/mol. The van der Waals surface area contributed by atoms with E-state index in [2.05, 4.69) is 4.74 Å². The fraction of sp³-hybridized carbons (Fsp3) is 0.333. The van der Waals surface area contributed by atoms with Crippen LogP contribution in [0.3, 0.4) is 0 Å². The third kappa shape index (κ3) is 5.22. The maximum atomic E-state index is 12.9. The van der Waals surface area contributed by atoms with Crippen molar-refractivity contribution < 1.29 is 23.5 Å². The number of carbonyl (C=O) groups excluding carboxylic acids is 2. The summed E-state index contributed by atoms with van der Waals surface area (Å²) in [6.45, 7) is 1.97. The number of benzene rings is 1. The topological polar surface area (TPSA) is 52.6 Å². The van der Waals surface area contributed by atoms with Gasteiger partial charge in [0.05, 0.1) is 13.7 Å².